The molecule has 5 heteroatoms. The normalized spacial score (nSPS) is 10.5. The summed E-state index contributed by atoms with van der Waals surface area (Å²) in [6.45, 7) is 5.42. The number of ether oxygens (including phenoxy) is 1. The number of hydrogen-bond donors (Lipinski definition) is 2. The molecular formula is C14H23N3O2. The number of methoxy groups -OCH3 is 1. The van der Waals surface area contributed by atoms with E-state index in [1.165, 1.54) is 0 Å². The zero-order valence-electron chi connectivity index (χ0n) is 11.9. The third kappa shape index (κ3) is 5.26. The average Bonchev–Trinajstić information content (AvgIpc) is 2.42. The molecule has 0 radical (unpaired) electrons. The number of carbonyl (C=O) groups excluding carboxylic acids is 1. The van der Waals surface area contributed by atoms with E-state index in [1.807, 2.05) is 19.9 Å². The van der Waals surface area contributed by atoms with Gasteiger partial charge in [0.05, 0.1) is 18.5 Å². The molecule has 0 aliphatic heterocycles. The number of carbonyl (C=O) groups is 1. The summed E-state index contributed by atoms with van der Waals surface area (Å²) in [6, 6.07) is 3.70. The summed E-state index contributed by atoms with van der Waals surface area (Å²) in [5.74, 6) is 0.688. The van der Waals surface area contributed by atoms with Crippen molar-refractivity contribution in [1.29, 1.82) is 0 Å². The van der Waals surface area contributed by atoms with Gasteiger partial charge in [0.15, 0.2) is 0 Å². The Kier molecular flexibility index (Phi) is 6.89. The van der Waals surface area contributed by atoms with Gasteiger partial charge >= 0.3 is 0 Å². The van der Waals surface area contributed by atoms with Gasteiger partial charge in [-0.05, 0) is 25.0 Å². The van der Waals surface area contributed by atoms with E-state index < -0.39 is 0 Å². The molecule has 1 aromatic heterocycles. The lowest BCUT2D eigenvalue weighted by Gasteiger charge is -2.12. The molecule has 0 aliphatic rings. The van der Waals surface area contributed by atoms with Gasteiger partial charge in [-0.2, -0.15) is 0 Å². The molecule has 1 rings (SSSR count). The fraction of sp³-hybridized carbons (Fsp3) is 0.571. The lowest BCUT2D eigenvalue weighted by Crippen LogP contribution is -2.22. The van der Waals surface area contributed by atoms with Crippen LogP contribution in [0.1, 0.15) is 26.7 Å². The van der Waals surface area contributed by atoms with E-state index in [2.05, 4.69) is 15.6 Å². The van der Waals surface area contributed by atoms with Gasteiger partial charge in [0, 0.05) is 19.6 Å². The van der Waals surface area contributed by atoms with E-state index in [4.69, 9.17) is 4.74 Å². The predicted molar refractivity (Wildman–Crippen MR) is 77.3 cm³/mol. The third-order valence-electron chi connectivity index (χ3n) is 3.01. The summed E-state index contributed by atoms with van der Waals surface area (Å²) in [7, 11) is 1.66. The maximum atomic E-state index is 11.9. The summed E-state index contributed by atoms with van der Waals surface area (Å²) in [5, 5.41) is 6.01. The van der Waals surface area contributed by atoms with E-state index in [-0.39, 0.29) is 11.8 Å². The number of aromatic nitrogens is 1. The number of anilines is 2. The SMILES string of the molecule is CCC(CC)C(=O)Nc1ccc(NCCOC)cn1. The highest BCUT2D eigenvalue weighted by atomic mass is 16.5. The second-order valence-corrected chi connectivity index (χ2v) is 4.35. The van der Waals surface area contributed by atoms with Gasteiger partial charge in [-0.25, -0.2) is 4.98 Å². The maximum absolute atomic E-state index is 11.9. The molecule has 0 atom stereocenters. The molecule has 0 spiro atoms. The predicted octanol–water partition coefficient (Wildman–Crippen LogP) is 2.51. The highest BCUT2D eigenvalue weighted by Gasteiger charge is 2.14. The molecule has 0 bridgehead atoms. The molecule has 1 amide bonds. The van der Waals surface area contributed by atoms with Gasteiger partial charge in [0.25, 0.3) is 0 Å². The molecule has 0 saturated carbocycles. The molecule has 0 aromatic carbocycles. The Bertz CT molecular complexity index is 375. The van der Waals surface area contributed by atoms with Crippen LogP contribution < -0.4 is 10.6 Å². The van der Waals surface area contributed by atoms with Crippen molar-refractivity contribution in [2.45, 2.75) is 26.7 Å². The summed E-state index contributed by atoms with van der Waals surface area (Å²) >= 11 is 0. The number of rotatable bonds is 8. The van der Waals surface area contributed by atoms with Crippen LogP contribution in [0.2, 0.25) is 0 Å². The van der Waals surface area contributed by atoms with Crippen molar-refractivity contribution in [2.75, 3.05) is 30.9 Å². The largest absolute Gasteiger partial charge is 0.383 e. The van der Waals surface area contributed by atoms with Crippen molar-refractivity contribution in [3.05, 3.63) is 18.3 Å². The summed E-state index contributed by atoms with van der Waals surface area (Å²) < 4.78 is 4.95. The molecule has 19 heavy (non-hydrogen) atoms. The second kappa shape index (κ2) is 8.48. The topological polar surface area (TPSA) is 63.2 Å². The van der Waals surface area contributed by atoms with Gasteiger partial charge in [0.1, 0.15) is 5.82 Å². The van der Waals surface area contributed by atoms with Gasteiger partial charge in [0.2, 0.25) is 5.91 Å². The van der Waals surface area contributed by atoms with Crippen LogP contribution in [0.15, 0.2) is 18.3 Å². The van der Waals surface area contributed by atoms with Crippen LogP contribution in [0, 0.1) is 5.92 Å². The minimum Gasteiger partial charge on any atom is -0.383 e. The minimum atomic E-state index is 0.0394. The van der Waals surface area contributed by atoms with Crippen molar-refractivity contribution >= 4 is 17.4 Å². The minimum absolute atomic E-state index is 0.0394. The van der Waals surface area contributed by atoms with Crippen molar-refractivity contribution in [3.63, 3.8) is 0 Å². The van der Waals surface area contributed by atoms with Crippen LogP contribution in [0.4, 0.5) is 11.5 Å². The number of amides is 1. The van der Waals surface area contributed by atoms with Crippen molar-refractivity contribution in [3.8, 4) is 0 Å². The number of hydrogen-bond acceptors (Lipinski definition) is 4. The summed E-state index contributed by atoms with van der Waals surface area (Å²) in [4.78, 5) is 16.1. The Balaban J connectivity index is 2.49. The van der Waals surface area contributed by atoms with Crippen LogP contribution in [0.25, 0.3) is 0 Å². The molecule has 0 aliphatic carbocycles. The highest BCUT2D eigenvalue weighted by molar-refractivity contribution is 5.91. The number of pyridine rings is 1. The maximum Gasteiger partial charge on any atom is 0.228 e. The lowest BCUT2D eigenvalue weighted by molar-refractivity contribution is -0.120. The molecule has 1 aromatic rings. The quantitative estimate of drug-likeness (QED) is 0.709. The van der Waals surface area contributed by atoms with E-state index in [0.29, 0.717) is 12.4 Å². The van der Waals surface area contributed by atoms with Gasteiger partial charge in [-0.1, -0.05) is 13.8 Å². The Hall–Kier alpha value is -1.62. The Labute approximate surface area is 114 Å². The fourth-order valence-corrected chi connectivity index (χ4v) is 1.76. The molecule has 5 nitrogen and oxygen atoms in total. The average molecular weight is 265 g/mol. The standard InChI is InChI=1S/C14H23N3O2/c1-4-11(5-2)14(18)17-13-7-6-12(10-16-13)15-8-9-19-3/h6-7,10-11,15H,4-5,8-9H2,1-3H3,(H,16,17,18). The Morgan fingerprint density at radius 1 is 1.37 bits per heavy atom. The van der Waals surface area contributed by atoms with Gasteiger partial charge in [-0.3, -0.25) is 4.79 Å². The first-order valence-electron chi connectivity index (χ1n) is 6.71. The molecule has 0 fully saturated rings. The van der Waals surface area contributed by atoms with Crippen LogP contribution >= 0.6 is 0 Å². The first kappa shape index (κ1) is 15.4. The van der Waals surface area contributed by atoms with Crippen LogP contribution in [-0.2, 0) is 9.53 Å². The zero-order chi connectivity index (χ0) is 14.1. The molecule has 0 saturated heterocycles. The van der Waals surface area contributed by atoms with Crippen molar-refractivity contribution in [1.82, 2.24) is 4.98 Å². The highest BCUT2D eigenvalue weighted by Crippen LogP contribution is 2.13. The summed E-state index contributed by atoms with van der Waals surface area (Å²) in [6.07, 6.45) is 3.40. The summed E-state index contributed by atoms with van der Waals surface area (Å²) in [5.41, 5.74) is 0.914. The molecule has 106 valence electrons. The van der Waals surface area contributed by atoms with Crippen molar-refractivity contribution < 1.29 is 9.53 Å². The molecule has 1 heterocycles. The molecule has 0 unspecified atom stereocenters. The smallest absolute Gasteiger partial charge is 0.228 e. The van der Waals surface area contributed by atoms with Gasteiger partial charge in [-0.15, -0.1) is 0 Å². The molecular weight excluding hydrogens is 242 g/mol. The Morgan fingerprint density at radius 3 is 2.63 bits per heavy atom. The lowest BCUT2D eigenvalue weighted by atomic mass is 10.0. The van der Waals surface area contributed by atoms with Crippen LogP contribution in [0.5, 0.6) is 0 Å². The van der Waals surface area contributed by atoms with E-state index in [1.54, 1.807) is 19.4 Å². The second-order valence-electron chi connectivity index (χ2n) is 4.35. The first-order valence-corrected chi connectivity index (χ1v) is 6.71. The van der Waals surface area contributed by atoms with Crippen LogP contribution in [0.3, 0.4) is 0 Å². The monoisotopic (exact) mass is 265 g/mol. The number of nitrogens with one attached hydrogen (secondary N) is 2. The zero-order valence-corrected chi connectivity index (χ0v) is 11.9. The van der Waals surface area contributed by atoms with E-state index in [0.717, 1.165) is 25.1 Å². The Morgan fingerprint density at radius 2 is 2.11 bits per heavy atom. The number of nitrogens with zero attached hydrogens (tertiary/aromatic N) is 1. The van der Waals surface area contributed by atoms with Crippen molar-refractivity contribution in [2.24, 2.45) is 5.92 Å². The van der Waals surface area contributed by atoms with E-state index >= 15 is 0 Å². The third-order valence-corrected chi connectivity index (χ3v) is 3.01. The molecule has 2 N–H and O–H groups in total. The van der Waals surface area contributed by atoms with Gasteiger partial charge < -0.3 is 15.4 Å². The fourth-order valence-electron chi connectivity index (χ4n) is 1.76. The first-order chi connectivity index (χ1) is 9.21. The van der Waals surface area contributed by atoms with E-state index in [9.17, 15) is 4.79 Å². The van der Waals surface area contributed by atoms with Crippen LogP contribution in [-0.4, -0.2) is 31.2 Å².